The molecule has 2 rings (SSSR count). The number of hydrogen-bond acceptors (Lipinski definition) is 3. The van der Waals surface area contributed by atoms with Crippen molar-refractivity contribution < 1.29 is 13.5 Å². The van der Waals surface area contributed by atoms with Crippen LogP contribution in [0.2, 0.25) is 0 Å². The van der Waals surface area contributed by atoms with Crippen LogP contribution in [0.1, 0.15) is 38.5 Å². The molecule has 4 nitrogen and oxygen atoms in total. The molecule has 1 aliphatic carbocycles. The summed E-state index contributed by atoms with van der Waals surface area (Å²) in [6.07, 6.45) is 5.24. The Morgan fingerprint density at radius 2 is 1.81 bits per heavy atom. The summed E-state index contributed by atoms with van der Waals surface area (Å²) in [5.74, 6) is 0.777. The number of nitrogens with zero attached hydrogens (tertiary/aromatic N) is 1. The summed E-state index contributed by atoms with van der Waals surface area (Å²) < 4.78 is 25.3. The molecule has 5 heteroatoms. The Hall–Kier alpha value is -0.130. The van der Waals surface area contributed by atoms with Gasteiger partial charge in [-0.15, -0.1) is 0 Å². The van der Waals surface area contributed by atoms with Crippen molar-refractivity contribution in [2.45, 2.75) is 44.6 Å². The van der Waals surface area contributed by atoms with Gasteiger partial charge in [0, 0.05) is 13.1 Å². The van der Waals surface area contributed by atoms with Crippen molar-refractivity contribution in [3.8, 4) is 0 Å². The molecule has 0 atom stereocenters. The van der Waals surface area contributed by atoms with Gasteiger partial charge in [-0.05, 0) is 44.4 Å². The fourth-order valence-corrected chi connectivity index (χ4v) is 4.33. The van der Waals surface area contributed by atoms with Gasteiger partial charge in [0.2, 0.25) is 10.0 Å². The lowest BCUT2D eigenvalue weighted by atomic mass is 9.87. The maximum Gasteiger partial charge on any atom is 0.214 e. The van der Waals surface area contributed by atoms with Gasteiger partial charge in [0.15, 0.2) is 0 Å². The Balaban J connectivity index is 1.89. The zero-order valence-corrected chi connectivity index (χ0v) is 10.5. The molecule has 1 N–H and O–H groups in total. The molecule has 0 amide bonds. The second-order valence-corrected chi connectivity index (χ2v) is 7.14. The lowest BCUT2D eigenvalue weighted by molar-refractivity contribution is 0.102. The summed E-state index contributed by atoms with van der Waals surface area (Å²) in [5.41, 5.74) is 0. The van der Waals surface area contributed by atoms with Crippen LogP contribution in [-0.2, 0) is 10.0 Å². The fourth-order valence-electron chi connectivity index (χ4n) is 2.66. The van der Waals surface area contributed by atoms with E-state index in [0.29, 0.717) is 24.8 Å². The zero-order valence-electron chi connectivity index (χ0n) is 9.64. The molecular formula is C11H21NO3S. The fraction of sp³-hybridized carbons (Fsp3) is 1.00. The van der Waals surface area contributed by atoms with Gasteiger partial charge in [-0.1, -0.05) is 0 Å². The van der Waals surface area contributed by atoms with E-state index < -0.39 is 10.0 Å². The molecule has 1 saturated carbocycles. The van der Waals surface area contributed by atoms with Crippen LogP contribution in [0.15, 0.2) is 0 Å². The largest absolute Gasteiger partial charge is 0.393 e. The average Bonchev–Trinajstić information content (AvgIpc) is 2.24. The average molecular weight is 247 g/mol. The van der Waals surface area contributed by atoms with Crippen LogP contribution >= 0.6 is 0 Å². The molecule has 0 bridgehead atoms. The predicted octanol–water partition coefficient (Wildman–Crippen LogP) is 0.963. The molecule has 1 aliphatic heterocycles. The van der Waals surface area contributed by atoms with E-state index in [1.807, 2.05) is 0 Å². The van der Waals surface area contributed by atoms with Crippen molar-refractivity contribution in [1.29, 1.82) is 0 Å². The lowest BCUT2D eigenvalue weighted by Crippen LogP contribution is -2.41. The SMILES string of the molecule is O=S1(=O)CCCCN1CC1CCC(O)CC1. The summed E-state index contributed by atoms with van der Waals surface area (Å²) in [6.45, 7) is 1.37. The van der Waals surface area contributed by atoms with Crippen LogP contribution in [0.25, 0.3) is 0 Å². The molecule has 16 heavy (non-hydrogen) atoms. The quantitative estimate of drug-likeness (QED) is 0.791. The maximum atomic E-state index is 11.8. The van der Waals surface area contributed by atoms with E-state index in [-0.39, 0.29) is 6.10 Å². The highest BCUT2D eigenvalue weighted by molar-refractivity contribution is 7.89. The third kappa shape index (κ3) is 2.96. The standard InChI is InChI=1S/C11H21NO3S/c13-11-5-3-10(4-6-11)9-12-7-1-2-8-16(12,14)15/h10-11,13H,1-9H2. The highest BCUT2D eigenvalue weighted by Gasteiger charge is 2.29. The summed E-state index contributed by atoms with van der Waals surface area (Å²) in [7, 11) is -2.97. The maximum absolute atomic E-state index is 11.8. The lowest BCUT2D eigenvalue weighted by Gasteiger charge is -2.32. The highest BCUT2D eigenvalue weighted by Crippen LogP contribution is 2.26. The van der Waals surface area contributed by atoms with E-state index in [4.69, 9.17) is 0 Å². The van der Waals surface area contributed by atoms with Gasteiger partial charge in [-0.2, -0.15) is 0 Å². The van der Waals surface area contributed by atoms with Gasteiger partial charge in [0.05, 0.1) is 11.9 Å². The summed E-state index contributed by atoms with van der Waals surface area (Å²) in [4.78, 5) is 0. The number of hydrogen-bond donors (Lipinski definition) is 1. The van der Waals surface area contributed by atoms with Gasteiger partial charge in [-0.25, -0.2) is 12.7 Å². The monoisotopic (exact) mass is 247 g/mol. The number of aliphatic hydroxyl groups is 1. The van der Waals surface area contributed by atoms with Gasteiger partial charge in [-0.3, -0.25) is 0 Å². The van der Waals surface area contributed by atoms with Crippen LogP contribution < -0.4 is 0 Å². The van der Waals surface area contributed by atoms with Crippen LogP contribution in [0, 0.1) is 5.92 Å². The summed E-state index contributed by atoms with van der Waals surface area (Å²) >= 11 is 0. The van der Waals surface area contributed by atoms with Crippen LogP contribution in [0.3, 0.4) is 0 Å². The first-order valence-corrected chi connectivity index (χ1v) is 7.85. The number of aliphatic hydroxyl groups excluding tert-OH is 1. The van der Waals surface area contributed by atoms with E-state index in [1.165, 1.54) is 0 Å². The summed E-state index contributed by atoms with van der Waals surface area (Å²) in [6, 6.07) is 0. The molecule has 94 valence electrons. The number of rotatable bonds is 2. The summed E-state index contributed by atoms with van der Waals surface area (Å²) in [5, 5.41) is 9.40. The van der Waals surface area contributed by atoms with Crippen molar-refractivity contribution in [2.75, 3.05) is 18.8 Å². The van der Waals surface area contributed by atoms with Crippen molar-refractivity contribution in [1.82, 2.24) is 4.31 Å². The Bertz CT molecular complexity index is 320. The Morgan fingerprint density at radius 3 is 2.44 bits per heavy atom. The van der Waals surface area contributed by atoms with Gasteiger partial charge in [0.25, 0.3) is 0 Å². The Morgan fingerprint density at radius 1 is 1.12 bits per heavy atom. The molecule has 0 aromatic heterocycles. The second kappa shape index (κ2) is 5.02. The molecule has 2 fully saturated rings. The first kappa shape index (κ1) is 12.3. The molecule has 0 spiro atoms. The van der Waals surface area contributed by atoms with E-state index in [0.717, 1.165) is 38.5 Å². The molecule has 0 aromatic rings. The first-order valence-electron chi connectivity index (χ1n) is 6.24. The van der Waals surface area contributed by atoms with Crippen molar-refractivity contribution in [3.63, 3.8) is 0 Å². The van der Waals surface area contributed by atoms with E-state index in [9.17, 15) is 13.5 Å². The molecule has 0 radical (unpaired) electrons. The minimum absolute atomic E-state index is 0.158. The van der Waals surface area contributed by atoms with Gasteiger partial charge < -0.3 is 5.11 Å². The normalized spacial score (nSPS) is 36.1. The van der Waals surface area contributed by atoms with Crippen LogP contribution in [-0.4, -0.2) is 42.8 Å². The van der Waals surface area contributed by atoms with Crippen molar-refractivity contribution in [2.24, 2.45) is 5.92 Å². The van der Waals surface area contributed by atoms with Crippen LogP contribution in [0.5, 0.6) is 0 Å². The zero-order chi connectivity index (χ0) is 11.6. The van der Waals surface area contributed by atoms with E-state index in [2.05, 4.69) is 0 Å². The third-order valence-electron chi connectivity index (χ3n) is 3.73. The molecule has 1 saturated heterocycles. The Kier molecular flexibility index (Phi) is 3.87. The van der Waals surface area contributed by atoms with Crippen molar-refractivity contribution >= 4 is 10.0 Å². The molecule has 0 unspecified atom stereocenters. The van der Waals surface area contributed by atoms with Gasteiger partial charge >= 0.3 is 0 Å². The smallest absolute Gasteiger partial charge is 0.214 e. The third-order valence-corrected chi connectivity index (χ3v) is 5.65. The number of sulfonamides is 1. The second-order valence-electron chi connectivity index (χ2n) is 5.06. The minimum atomic E-state index is -2.97. The molecule has 0 aromatic carbocycles. The Labute approximate surface area is 97.7 Å². The minimum Gasteiger partial charge on any atom is -0.393 e. The van der Waals surface area contributed by atoms with E-state index >= 15 is 0 Å². The predicted molar refractivity (Wildman–Crippen MR) is 62.6 cm³/mol. The van der Waals surface area contributed by atoms with Gasteiger partial charge in [0.1, 0.15) is 0 Å². The molecule has 2 aliphatic rings. The van der Waals surface area contributed by atoms with Crippen molar-refractivity contribution in [3.05, 3.63) is 0 Å². The van der Waals surface area contributed by atoms with E-state index in [1.54, 1.807) is 4.31 Å². The first-order chi connectivity index (χ1) is 7.58. The highest BCUT2D eigenvalue weighted by atomic mass is 32.2. The molecular weight excluding hydrogens is 226 g/mol. The molecule has 1 heterocycles. The topological polar surface area (TPSA) is 57.6 Å². The van der Waals surface area contributed by atoms with Crippen LogP contribution in [0.4, 0.5) is 0 Å².